The van der Waals surface area contributed by atoms with Crippen LogP contribution in [0.25, 0.3) is 33.2 Å². The number of fused-ring (bicyclic) bond motifs is 2. The van der Waals surface area contributed by atoms with E-state index in [1.807, 2.05) is 12.1 Å². The number of nitriles is 2. The Morgan fingerprint density at radius 2 is 1.04 bits per heavy atom. The van der Waals surface area contributed by atoms with E-state index in [4.69, 9.17) is 33.8 Å². The molecule has 4 aromatic heterocycles. The zero-order valence-corrected chi connectivity index (χ0v) is 49.5. The smallest absolute Gasteiger partial charge is 0.265 e. The summed E-state index contributed by atoms with van der Waals surface area (Å²) in [7, 11) is -5.27. The third kappa shape index (κ3) is 13.4. The summed E-state index contributed by atoms with van der Waals surface area (Å²) in [5.74, 6) is -0.170. The molecule has 4 heterocycles. The topological polar surface area (TPSA) is 266 Å². The molecule has 6 aromatic carbocycles. The van der Waals surface area contributed by atoms with Crippen LogP contribution in [0.1, 0.15) is 11.1 Å². The molecule has 0 fully saturated rings. The summed E-state index contributed by atoms with van der Waals surface area (Å²) in [4.78, 5) is 25.6. The van der Waals surface area contributed by atoms with Crippen LogP contribution in [0.2, 0.25) is 0 Å². The number of aromatic nitrogens is 4. The second kappa shape index (κ2) is 26.4. The van der Waals surface area contributed by atoms with Crippen molar-refractivity contribution >= 4 is 101 Å². The minimum atomic E-state index is -4.18. The lowest BCUT2D eigenvalue weighted by Crippen LogP contribution is -2.31. The van der Waals surface area contributed by atoms with Crippen LogP contribution in [0.3, 0.4) is 0 Å². The van der Waals surface area contributed by atoms with Crippen LogP contribution in [0.5, 0.6) is 23.0 Å². The van der Waals surface area contributed by atoms with Crippen LogP contribution in [-0.2, 0) is 33.1 Å². The summed E-state index contributed by atoms with van der Waals surface area (Å²) in [5.41, 5.74) is 0.847. The average Bonchev–Trinajstić information content (AvgIpc) is 3.83. The number of hydrogen-bond donors (Lipinski definition) is 1. The maximum Gasteiger partial charge on any atom is 0.265 e. The lowest BCUT2D eigenvalue weighted by molar-refractivity contribution is 0.365. The van der Waals surface area contributed by atoms with E-state index in [1.165, 1.54) is 110 Å². The minimum Gasteiger partial charge on any atom is -0.506 e. The first-order chi connectivity index (χ1) is 39.8. The van der Waals surface area contributed by atoms with Gasteiger partial charge in [-0.3, -0.25) is 18.7 Å². The fourth-order valence-corrected chi connectivity index (χ4v) is 11.7. The Bertz CT molecular complexity index is 4430. The molecule has 27 heteroatoms. The molecule has 0 unspecified atom stereocenters. The van der Waals surface area contributed by atoms with Crippen LogP contribution in [0.15, 0.2) is 195 Å². The lowest BCUT2D eigenvalue weighted by atomic mass is 10.2. The molecule has 0 amide bonds. The Morgan fingerprint density at radius 1 is 0.602 bits per heavy atom. The number of phenols is 1. The fraction of sp³-hybridized carbons (Fsp3) is 0.107. The molecule has 0 aliphatic rings. The SMILES string of the molecule is COc1ccc(CN(c2ccon2)S(=O)(=O)c2ccc3c(ccc(=O)n3-c3cc(F)c(Br)cc3O)c2)cc1.COc1ccc(CN(c2ccon2)S(=O)(=O)c2ccc3c(ccc(=O)n3-c3cc(F)c(Br)cc3OCC#N)c2)cc1.N#CCBr. The van der Waals surface area contributed by atoms with Gasteiger partial charge in [0.05, 0.1) is 79.9 Å². The average molecular weight is 1360 g/mol. The van der Waals surface area contributed by atoms with Crippen molar-refractivity contribution in [2.24, 2.45) is 0 Å². The number of aromatic hydroxyl groups is 1. The molecule has 10 aromatic rings. The molecule has 10 rings (SSSR count). The van der Waals surface area contributed by atoms with Crippen molar-refractivity contribution in [1.29, 1.82) is 10.5 Å². The number of alkyl halides is 1. The van der Waals surface area contributed by atoms with Crippen molar-refractivity contribution in [3.8, 4) is 46.5 Å². The molecule has 20 nitrogen and oxygen atoms in total. The Balaban J connectivity index is 0.000000204. The number of halogens is 5. The van der Waals surface area contributed by atoms with E-state index in [0.29, 0.717) is 44.2 Å². The van der Waals surface area contributed by atoms with E-state index in [9.17, 15) is 40.3 Å². The summed E-state index contributed by atoms with van der Waals surface area (Å²) in [6.07, 6.45) is 2.54. The van der Waals surface area contributed by atoms with Gasteiger partial charge in [-0.2, -0.15) is 10.5 Å². The zero-order valence-electron chi connectivity index (χ0n) is 43.1. The van der Waals surface area contributed by atoms with E-state index in [0.717, 1.165) is 31.4 Å². The Hall–Kier alpha value is -8.86. The molecule has 0 aliphatic heterocycles. The van der Waals surface area contributed by atoms with Crippen molar-refractivity contribution in [2.45, 2.75) is 22.9 Å². The van der Waals surface area contributed by atoms with Gasteiger partial charge in [0.2, 0.25) is 0 Å². The molecule has 424 valence electrons. The first-order valence-corrected chi connectivity index (χ1v) is 29.5. The summed E-state index contributed by atoms with van der Waals surface area (Å²) in [5, 5.41) is 35.8. The monoisotopic (exact) mass is 1360 g/mol. The van der Waals surface area contributed by atoms with Gasteiger partial charge in [-0.15, -0.1) is 0 Å². The van der Waals surface area contributed by atoms with Crippen LogP contribution in [-0.4, -0.2) is 67.5 Å². The van der Waals surface area contributed by atoms with Gasteiger partial charge in [-0.1, -0.05) is 50.5 Å². The maximum absolute atomic E-state index is 14.6. The number of nitrogens with zero attached hydrogens (tertiary/aromatic N) is 8. The first kappa shape index (κ1) is 60.2. The van der Waals surface area contributed by atoms with Gasteiger partial charge in [0.15, 0.2) is 18.2 Å². The van der Waals surface area contributed by atoms with Gasteiger partial charge in [0.25, 0.3) is 31.2 Å². The number of sulfonamides is 2. The zero-order chi connectivity index (χ0) is 59.6. The molecule has 1 N–H and O–H groups in total. The van der Waals surface area contributed by atoms with Gasteiger partial charge in [-0.25, -0.2) is 34.2 Å². The Morgan fingerprint density at radius 3 is 1.45 bits per heavy atom. The molecular formula is C56H41Br3F2N8O12S2. The second-order valence-corrected chi connectivity index (χ2v) is 23.1. The van der Waals surface area contributed by atoms with E-state index in [1.54, 1.807) is 48.5 Å². The highest BCUT2D eigenvalue weighted by Crippen LogP contribution is 2.35. The number of ether oxygens (including phenoxy) is 3. The highest BCUT2D eigenvalue weighted by atomic mass is 79.9. The highest BCUT2D eigenvalue weighted by molar-refractivity contribution is 9.10. The van der Waals surface area contributed by atoms with Gasteiger partial charge >= 0.3 is 0 Å². The van der Waals surface area contributed by atoms with Gasteiger partial charge in [-0.05, 0) is 128 Å². The maximum atomic E-state index is 14.6. The van der Waals surface area contributed by atoms with Crippen molar-refractivity contribution < 1.29 is 54.0 Å². The van der Waals surface area contributed by atoms with Crippen molar-refractivity contribution in [2.75, 3.05) is 34.8 Å². The molecule has 0 atom stereocenters. The summed E-state index contributed by atoms with van der Waals surface area (Å²) in [6, 6.07) is 38.7. The largest absolute Gasteiger partial charge is 0.506 e. The van der Waals surface area contributed by atoms with Crippen molar-refractivity contribution in [1.82, 2.24) is 19.4 Å². The van der Waals surface area contributed by atoms with Crippen LogP contribution < -0.4 is 33.9 Å². The highest BCUT2D eigenvalue weighted by Gasteiger charge is 2.30. The van der Waals surface area contributed by atoms with Crippen molar-refractivity contribution in [3.05, 3.63) is 211 Å². The van der Waals surface area contributed by atoms with Gasteiger partial charge in [0, 0.05) is 47.2 Å². The summed E-state index contributed by atoms with van der Waals surface area (Å²) < 4.78 is 115. The third-order valence-electron chi connectivity index (χ3n) is 12.1. The molecule has 0 aliphatic carbocycles. The first-order valence-electron chi connectivity index (χ1n) is 23.9. The molecule has 83 heavy (non-hydrogen) atoms. The Kier molecular flexibility index (Phi) is 19.1. The van der Waals surface area contributed by atoms with E-state index in [-0.39, 0.29) is 78.5 Å². The molecule has 0 spiro atoms. The second-order valence-electron chi connectivity index (χ2n) is 17.1. The van der Waals surface area contributed by atoms with E-state index in [2.05, 4.69) is 58.1 Å². The summed E-state index contributed by atoms with van der Waals surface area (Å²) >= 11 is 8.98. The normalized spacial score (nSPS) is 11.1. The molecule has 0 radical (unpaired) electrons. The summed E-state index contributed by atoms with van der Waals surface area (Å²) in [6.45, 7) is -0.421. The van der Waals surface area contributed by atoms with Gasteiger partial charge < -0.3 is 28.4 Å². The standard InChI is InChI=1S/C28H20BrFN4O6S.C26H19BrFN3O6S.C2H2BrN/c1-38-20-5-2-18(3-6-20)17-33(27-10-12-40-32-27)41(36,37)21-7-8-24-19(14-21)4-9-28(35)34(24)25-16-23(30)22(29)15-26(25)39-13-11-31;1-36-18-5-2-16(3-6-18)15-30(25-10-11-37-29-25)38(34,35)19-7-8-22-17(12-19)4-9-26(33)31(22)23-14-21(28)20(27)13-24(23)32;3-1-2-4/h2-10,12,14-16H,13,17H2,1H3;2-14,32H,15H2,1H3;1H2. The van der Waals surface area contributed by atoms with Crippen LogP contribution >= 0.6 is 47.8 Å². The molecule has 0 bridgehead atoms. The van der Waals surface area contributed by atoms with E-state index >= 15 is 0 Å². The quantitative estimate of drug-likeness (QED) is 0.0881. The fourth-order valence-electron chi connectivity index (χ4n) is 8.19. The number of anilines is 2. The Labute approximate surface area is 496 Å². The van der Waals surface area contributed by atoms with Gasteiger partial charge in [0.1, 0.15) is 53.2 Å². The predicted octanol–water partition coefficient (Wildman–Crippen LogP) is 11.1. The number of hydrogen-bond acceptors (Lipinski definition) is 16. The van der Waals surface area contributed by atoms with Crippen LogP contribution in [0, 0.1) is 34.3 Å². The minimum absolute atomic E-state index is 0.0326. The predicted molar refractivity (Wildman–Crippen MR) is 312 cm³/mol. The molecule has 0 saturated heterocycles. The number of rotatable bonds is 16. The van der Waals surface area contributed by atoms with Crippen molar-refractivity contribution in [3.63, 3.8) is 0 Å². The lowest BCUT2D eigenvalue weighted by Gasteiger charge is -2.22. The number of methoxy groups -OCH3 is 2. The number of pyridine rings is 2. The molecule has 0 saturated carbocycles. The molecular weight excluding hydrogens is 1320 g/mol. The van der Waals surface area contributed by atoms with E-state index < -0.39 is 42.8 Å². The van der Waals surface area contributed by atoms with Crippen LogP contribution in [0.4, 0.5) is 20.4 Å². The third-order valence-corrected chi connectivity index (χ3v) is 17.0. The number of phenolic OH excluding ortho intramolecular Hbond substituents is 1. The number of benzene rings is 6.